The Hall–Kier alpha value is -3.78. The molecule has 0 radical (unpaired) electrons. The van der Waals surface area contributed by atoms with Gasteiger partial charge in [-0.3, -0.25) is 4.79 Å². The van der Waals surface area contributed by atoms with Gasteiger partial charge in [0.1, 0.15) is 6.17 Å². The largest absolute Gasteiger partial charge is 0.374 e. The minimum Gasteiger partial charge on any atom is -0.374 e. The van der Waals surface area contributed by atoms with E-state index < -0.39 is 0 Å². The van der Waals surface area contributed by atoms with Crippen molar-refractivity contribution in [1.82, 2.24) is 4.90 Å². The lowest BCUT2D eigenvalue weighted by molar-refractivity contribution is 0.0666. The molecule has 1 heterocycles. The number of benzene rings is 3. The van der Waals surface area contributed by atoms with Crippen LogP contribution in [0, 0.1) is 18.3 Å². The molecule has 5 heteroatoms. The van der Waals surface area contributed by atoms with Crippen LogP contribution in [0.15, 0.2) is 72.8 Å². The van der Waals surface area contributed by atoms with Crippen LogP contribution in [0.4, 0.5) is 11.4 Å². The van der Waals surface area contributed by atoms with E-state index in [1.807, 2.05) is 48.3 Å². The van der Waals surface area contributed by atoms with Gasteiger partial charge < -0.3 is 15.1 Å². The summed E-state index contributed by atoms with van der Waals surface area (Å²) in [4.78, 5) is 17.4. The van der Waals surface area contributed by atoms with Crippen LogP contribution >= 0.6 is 0 Å². The molecule has 0 saturated carbocycles. The summed E-state index contributed by atoms with van der Waals surface area (Å²) in [5.41, 5.74) is 5.91. The number of anilines is 2. The topological polar surface area (TPSA) is 59.4 Å². The summed E-state index contributed by atoms with van der Waals surface area (Å²) >= 11 is 0. The fourth-order valence-corrected chi connectivity index (χ4v) is 3.87. The predicted molar refractivity (Wildman–Crippen MR) is 124 cm³/mol. The molecule has 1 aliphatic rings. The van der Waals surface area contributed by atoms with Crippen molar-refractivity contribution in [3.05, 3.63) is 95.1 Å². The number of para-hydroxylation sites is 1. The Balaban J connectivity index is 1.65. The molecule has 1 aliphatic heterocycles. The Morgan fingerprint density at radius 3 is 2.45 bits per heavy atom. The van der Waals surface area contributed by atoms with Crippen molar-refractivity contribution in [1.29, 1.82) is 5.26 Å². The standard InChI is InChI=1S/C26H26N4O/c1-19-8-10-20(11-9-19)18-30-25(28-24-7-4-3-6-23(24)26(30)31)21-12-14-22(15-13-21)29(2)17-5-16-27/h3-4,6-15,25,28H,5,17-18H2,1-2H3/t25-/m0/s1. The van der Waals surface area contributed by atoms with E-state index in [9.17, 15) is 4.79 Å². The van der Waals surface area contributed by atoms with E-state index in [-0.39, 0.29) is 12.1 Å². The summed E-state index contributed by atoms with van der Waals surface area (Å²) in [7, 11) is 1.98. The fourth-order valence-electron chi connectivity index (χ4n) is 3.87. The van der Waals surface area contributed by atoms with Crippen molar-refractivity contribution >= 4 is 17.3 Å². The molecule has 3 aromatic rings. The Bertz CT molecular complexity index is 1100. The maximum Gasteiger partial charge on any atom is 0.258 e. The second-order valence-electron chi connectivity index (χ2n) is 7.93. The zero-order chi connectivity index (χ0) is 21.8. The van der Waals surface area contributed by atoms with Crippen LogP contribution in [0.5, 0.6) is 0 Å². The van der Waals surface area contributed by atoms with Crippen LogP contribution in [-0.4, -0.2) is 24.4 Å². The minimum absolute atomic E-state index is 0.0233. The number of carbonyl (C=O) groups is 1. The fraction of sp³-hybridized carbons (Fsp3) is 0.231. The van der Waals surface area contributed by atoms with Gasteiger partial charge in [-0.15, -0.1) is 0 Å². The van der Waals surface area contributed by atoms with Gasteiger partial charge in [0.25, 0.3) is 5.91 Å². The third-order valence-corrected chi connectivity index (χ3v) is 5.70. The molecule has 1 amide bonds. The molecule has 0 fully saturated rings. The third kappa shape index (κ3) is 4.39. The molecule has 0 aliphatic carbocycles. The summed E-state index contributed by atoms with van der Waals surface area (Å²) < 4.78 is 0. The number of hydrogen-bond acceptors (Lipinski definition) is 4. The van der Waals surface area contributed by atoms with Crippen molar-refractivity contribution in [2.45, 2.75) is 26.1 Å². The number of rotatable bonds is 6. The number of hydrogen-bond donors (Lipinski definition) is 1. The van der Waals surface area contributed by atoms with Crippen molar-refractivity contribution in [3.8, 4) is 6.07 Å². The van der Waals surface area contributed by atoms with Crippen LogP contribution in [0.1, 0.15) is 39.6 Å². The van der Waals surface area contributed by atoms with Gasteiger partial charge in [-0.05, 0) is 42.3 Å². The molecule has 0 unspecified atom stereocenters. The number of nitrogens with one attached hydrogen (secondary N) is 1. The van der Waals surface area contributed by atoms with Crippen LogP contribution in [0.2, 0.25) is 0 Å². The number of nitriles is 1. The first-order valence-corrected chi connectivity index (χ1v) is 10.5. The highest BCUT2D eigenvalue weighted by molar-refractivity contribution is 6.01. The molecule has 31 heavy (non-hydrogen) atoms. The Labute approximate surface area is 183 Å². The summed E-state index contributed by atoms with van der Waals surface area (Å²) in [6.07, 6.45) is 0.222. The van der Waals surface area contributed by atoms with E-state index in [0.717, 1.165) is 22.5 Å². The maximum absolute atomic E-state index is 13.4. The number of carbonyl (C=O) groups excluding carboxylic acids is 1. The van der Waals surface area contributed by atoms with E-state index in [2.05, 4.69) is 59.6 Å². The van der Waals surface area contributed by atoms with E-state index >= 15 is 0 Å². The SMILES string of the molecule is Cc1ccc(CN2C(=O)c3ccccc3N[C@@H]2c2ccc(N(C)CCC#N)cc2)cc1. The van der Waals surface area contributed by atoms with E-state index in [4.69, 9.17) is 5.26 Å². The Morgan fingerprint density at radius 2 is 1.74 bits per heavy atom. The molecule has 1 atom stereocenters. The highest BCUT2D eigenvalue weighted by atomic mass is 16.2. The van der Waals surface area contributed by atoms with Gasteiger partial charge in [-0.2, -0.15) is 5.26 Å². The van der Waals surface area contributed by atoms with Gasteiger partial charge in [-0.1, -0.05) is 54.1 Å². The lowest BCUT2D eigenvalue weighted by atomic mass is 10.0. The molecule has 0 saturated heterocycles. The second-order valence-corrected chi connectivity index (χ2v) is 7.93. The zero-order valence-electron chi connectivity index (χ0n) is 17.9. The molecule has 5 nitrogen and oxygen atoms in total. The Kier molecular flexibility index (Phi) is 5.90. The smallest absolute Gasteiger partial charge is 0.258 e. The molecule has 1 N–H and O–H groups in total. The second kappa shape index (κ2) is 8.93. The molecule has 156 valence electrons. The number of amides is 1. The molecule has 4 rings (SSSR count). The average Bonchev–Trinajstić information content (AvgIpc) is 2.80. The van der Waals surface area contributed by atoms with E-state index in [0.29, 0.717) is 25.1 Å². The van der Waals surface area contributed by atoms with Crippen molar-refractivity contribution in [3.63, 3.8) is 0 Å². The summed E-state index contributed by atoms with van der Waals surface area (Å²) in [6, 6.07) is 26.4. The molecule has 0 bridgehead atoms. The van der Waals surface area contributed by atoms with Crippen molar-refractivity contribution < 1.29 is 4.79 Å². The highest BCUT2D eigenvalue weighted by Gasteiger charge is 2.32. The average molecular weight is 411 g/mol. The van der Waals surface area contributed by atoms with Crippen molar-refractivity contribution in [2.24, 2.45) is 0 Å². The van der Waals surface area contributed by atoms with Gasteiger partial charge in [0, 0.05) is 31.5 Å². The Morgan fingerprint density at radius 1 is 1.03 bits per heavy atom. The third-order valence-electron chi connectivity index (χ3n) is 5.70. The van der Waals surface area contributed by atoms with E-state index in [1.165, 1.54) is 5.56 Å². The first-order valence-electron chi connectivity index (χ1n) is 10.5. The van der Waals surface area contributed by atoms with Gasteiger partial charge in [0.05, 0.1) is 18.1 Å². The lowest BCUT2D eigenvalue weighted by Crippen LogP contribution is -2.42. The molecule has 3 aromatic carbocycles. The number of aryl methyl sites for hydroxylation is 1. The van der Waals surface area contributed by atoms with Crippen LogP contribution in [0.3, 0.4) is 0 Å². The summed E-state index contributed by atoms with van der Waals surface area (Å²) in [5, 5.41) is 12.4. The highest BCUT2D eigenvalue weighted by Crippen LogP contribution is 2.34. The van der Waals surface area contributed by atoms with Gasteiger partial charge >= 0.3 is 0 Å². The zero-order valence-corrected chi connectivity index (χ0v) is 17.9. The molecule has 0 spiro atoms. The molecular formula is C26H26N4O. The quantitative estimate of drug-likeness (QED) is 0.613. The minimum atomic E-state index is -0.262. The normalized spacial score (nSPS) is 15.1. The van der Waals surface area contributed by atoms with Crippen LogP contribution in [0.25, 0.3) is 0 Å². The first-order chi connectivity index (χ1) is 15.1. The van der Waals surface area contributed by atoms with Gasteiger partial charge in [-0.25, -0.2) is 0 Å². The number of nitrogens with zero attached hydrogens (tertiary/aromatic N) is 3. The monoisotopic (exact) mass is 410 g/mol. The first kappa shape index (κ1) is 20.5. The molecular weight excluding hydrogens is 384 g/mol. The van der Waals surface area contributed by atoms with E-state index in [1.54, 1.807) is 0 Å². The summed E-state index contributed by atoms with van der Waals surface area (Å²) in [5.74, 6) is 0.0233. The predicted octanol–water partition coefficient (Wildman–Crippen LogP) is 5.11. The van der Waals surface area contributed by atoms with Crippen molar-refractivity contribution in [2.75, 3.05) is 23.8 Å². The van der Waals surface area contributed by atoms with Gasteiger partial charge in [0.2, 0.25) is 0 Å². The molecule has 0 aromatic heterocycles. The lowest BCUT2D eigenvalue weighted by Gasteiger charge is -2.38. The number of fused-ring (bicyclic) bond motifs is 1. The van der Waals surface area contributed by atoms with Gasteiger partial charge in [0.15, 0.2) is 0 Å². The van der Waals surface area contributed by atoms with Crippen LogP contribution < -0.4 is 10.2 Å². The summed E-state index contributed by atoms with van der Waals surface area (Å²) in [6.45, 7) is 3.27. The maximum atomic E-state index is 13.4. The van der Waals surface area contributed by atoms with Crippen LogP contribution in [-0.2, 0) is 6.54 Å².